The Balaban J connectivity index is 1.82. The second-order valence-corrected chi connectivity index (χ2v) is 7.08. The van der Waals surface area contributed by atoms with Crippen molar-refractivity contribution < 1.29 is 14.3 Å². The molecule has 0 aliphatic carbocycles. The Hall–Kier alpha value is -2.79. The smallest absolute Gasteiger partial charge is 0.225 e. The lowest BCUT2D eigenvalue weighted by atomic mass is 9.88. The highest BCUT2D eigenvalue weighted by atomic mass is 32.1. The maximum absolute atomic E-state index is 12.4. The number of carbonyl (C=O) groups excluding carboxylic acids is 1. The van der Waals surface area contributed by atoms with E-state index in [1.165, 1.54) is 0 Å². The quantitative estimate of drug-likeness (QED) is 0.715. The zero-order valence-corrected chi connectivity index (χ0v) is 15.4. The fourth-order valence-corrected chi connectivity index (χ4v) is 4.57. The lowest BCUT2D eigenvalue weighted by Gasteiger charge is -2.25. The fraction of sp³-hybridized carbons (Fsp3) is 0.190. The maximum atomic E-state index is 12.4. The molecule has 2 aromatic carbocycles. The lowest BCUT2D eigenvalue weighted by molar-refractivity contribution is -0.116. The standard InChI is InChI=1S/C21H19NO3S/c1-24-14-8-9-15(18(10-14)25-2)16-11-19(23)22-20-17(12-26-21(16)20)13-6-4-3-5-7-13/h3-10,12,16H,11H2,1-2H3,(H,22,23)/t16-/m1/s1. The van der Waals surface area contributed by atoms with Gasteiger partial charge in [0.2, 0.25) is 5.91 Å². The molecule has 4 nitrogen and oxygen atoms in total. The van der Waals surface area contributed by atoms with Crippen molar-refractivity contribution in [1.82, 2.24) is 0 Å². The molecule has 1 atom stereocenters. The van der Waals surface area contributed by atoms with Gasteiger partial charge in [-0.2, -0.15) is 0 Å². The van der Waals surface area contributed by atoms with Gasteiger partial charge in [0.1, 0.15) is 11.5 Å². The molecule has 2 heterocycles. The lowest BCUT2D eigenvalue weighted by Crippen LogP contribution is -2.22. The largest absolute Gasteiger partial charge is 0.497 e. The van der Waals surface area contributed by atoms with Crippen LogP contribution in [0.5, 0.6) is 11.5 Å². The van der Waals surface area contributed by atoms with Gasteiger partial charge in [-0.15, -0.1) is 11.3 Å². The van der Waals surface area contributed by atoms with E-state index >= 15 is 0 Å². The molecule has 0 spiro atoms. The highest BCUT2D eigenvalue weighted by Crippen LogP contribution is 2.48. The Morgan fingerprint density at radius 1 is 1.08 bits per heavy atom. The molecule has 0 saturated heterocycles. The zero-order valence-electron chi connectivity index (χ0n) is 14.6. The molecule has 26 heavy (non-hydrogen) atoms. The predicted octanol–water partition coefficient (Wildman–Crippen LogP) is 4.91. The van der Waals surface area contributed by atoms with Crippen LogP contribution in [0.4, 0.5) is 5.69 Å². The molecule has 0 unspecified atom stereocenters. The van der Waals surface area contributed by atoms with Gasteiger partial charge in [0, 0.05) is 39.8 Å². The Morgan fingerprint density at radius 2 is 1.88 bits per heavy atom. The van der Waals surface area contributed by atoms with Gasteiger partial charge in [-0.3, -0.25) is 4.79 Å². The molecule has 0 bridgehead atoms. The van der Waals surface area contributed by atoms with Crippen LogP contribution in [0.1, 0.15) is 22.8 Å². The van der Waals surface area contributed by atoms with Crippen molar-refractivity contribution in [2.24, 2.45) is 0 Å². The van der Waals surface area contributed by atoms with Crippen molar-refractivity contribution in [1.29, 1.82) is 0 Å². The third-order valence-electron chi connectivity index (χ3n) is 4.69. The van der Waals surface area contributed by atoms with E-state index in [2.05, 4.69) is 22.8 Å². The number of methoxy groups -OCH3 is 2. The molecule has 0 radical (unpaired) electrons. The molecule has 1 amide bonds. The van der Waals surface area contributed by atoms with Gasteiger partial charge in [-0.25, -0.2) is 0 Å². The van der Waals surface area contributed by atoms with E-state index in [9.17, 15) is 4.79 Å². The first-order valence-corrected chi connectivity index (χ1v) is 9.27. The van der Waals surface area contributed by atoms with E-state index in [0.717, 1.165) is 38.8 Å². The number of thiophene rings is 1. The summed E-state index contributed by atoms with van der Waals surface area (Å²) in [6, 6.07) is 15.9. The number of amides is 1. The summed E-state index contributed by atoms with van der Waals surface area (Å²) in [7, 11) is 3.28. The molecule has 0 fully saturated rings. The maximum Gasteiger partial charge on any atom is 0.225 e. The molecule has 132 valence electrons. The predicted molar refractivity (Wildman–Crippen MR) is 104 cm³/mol. The van der Waals surface area contributed by atoms with Gasteiger partial charge in [-0.05, 0) is 11.6 Å². The number of benzene rings is 2. The van der Waals surface area contributed by atoms with Crippen LogP contribution in [0.25, 0.3) is 11.1 Å². The van der Waals surface area contributed by atoms with Crippen molar-refractivity contribution >= 4 is 22.9 Å². The summed E-state index contributed by atoms with van der Waals surface area (Å²) in [4.78, 5) is 13.6. The van der Waals surface area contributed by atoms with Crippen LogP contribution in [0.2, 0.25) is 0 Å². The number of carbonyl (C=O) groups is 1. The van der Waals surface area contributed by atoms with Gasteiger partial charge >= 0.3 is 0 Å². The second-order valence-electron chi connectivity index (χ2n) is 6.17. The van der Waals surface area contributed by atoms with Gasteiger partial charge in [0.05, 0.1) is 19.9 Å². The van der Waals surface area contributed by atoms with Gasteiger partial charge < -0.3 is 14.8 Å². The molecular weight excluding hydrogens is 346 g/mol. The highest BCUT2D eigenvalue weighted by molar-refractivity contribution is 7.11. The summed E-state index contributed by atoms with van der Waals surface area (Å²) >= 11 is 1.68. The minimum atomic E-state index is -0.0259. The monoisotopic (exact) mass is 365 g/mol. The summed E-state index contributed by atoms with van der Waals surface area (Å²) in [5.41, 5.74) is 4.09. The number of nitrogens with one attached hydrogen (secondary N) is 1. The van der Waals surface area contributed by atoms with Gasteiger partial charge in [0.25, 0.3) is 0 Å². The van der Waals surface area contributed by atoms with Crippen molar-refractivity contribution in [2.45, 2.75) is 12.3 Å². The minimum Gasteiger partial charge on any atom is -0.497 e. The van der Waals surface area contributed by atoms with Crippen LogP contribution >= 0.6 is 11.3 Å². The number of hydrogen-bond acceptors (Lipinski definition) is 4. The van der Waals surface area contributed by atoms with Crippen molar-refractivity contribution in [3.05, 3.63) is 64.4 Å². The number of ether oxygens (including phenoxy) is 2. The first-order valence-electron chi connectivity index (χ1n) is 8.40. The number of fused-ring (bicyclic) bond motifs is 1. The van der Waals surface area contributed by atoms with Crippen LogP contribution < -0.4 is 14.8 Å². The van der Waals surface area contributed by atoms with Gasteiger partial charge in [-0.1, -0.05) is 36.4 Å². The number of anilines is 1. The SMILES string of the molecule is COc1ccc([C@H]2CC(=O)Nc3c(-c4ccccc4)csc32)c(OC)c1. The summed E-state index contributed by atoms with van der Waals surface area (Å²) < 4.78 is 10.9. The third-order valence-corrected chi connectivity index (χ3v) is 5.79. The summed E-state index contributed by atoms with van der Waals surface area (Å²) in [5.74, 6) is 1.48. The van der Waals surface area contributed by atoms with E-state index in [4.69, 9.17) is 9.47 Å². The Labute approximate surface area is 156 Å². The van der Waals surface area contributed by atoms with E-state index in [-0.39, 0.29) is 11.8 Å². The van der Waals surface area contributed by atoms with Crippen LogP contribution in [0.15, 0.2) is 53.9 Å². The van der Waals surface area contributed by atoms with Crippen LogP contribution in [0.3, 0.4) is 0 Å². The fourth-order valence-electron chi connectivity index (χ4n) is 3.41. The summed E-state index contributed by atoms with van der Waals surface area (Å²) in [6.45, 7) is 0. The van der Waals surface area contributed by atoms with Crippen molar-refractivity contribution in [2.75, 3.05) is 19.5 Å². The average Bonchev–Trinajstić information content (AvgIpc) is 3.11. The second kappa shape index (κ2) is 6.84. The Kier molecular flexibility index (Phi) is 4.39. The Morgan fingerprint density at radius 3 is 2.62 bits per heavy atom. The van der Waals surface area contributed by atoms with Crippen LogP contribution in [-0.4, -0.2) is 20.1 Å². The van der Waals surface area contributed by atoms with E-state index in [1.54, 1.807) is 25.6 Å². The Bertz CT molecular complexity index is 949. The van der Waals surface area contributed by atoms with Crippen molar-refractivity contribution in [3.8, 4) is 22.6 Å². The molecule has 1 aromatic heterocycles. The first-order chi connectivity index (χ1) is 12.7. The highest BCUT2D eigenvalue weighted by Gasteiger charge is 2.32. The number of rotatable bonds is 4. The molecule has 3 aromatic rings. The average molecular weight is 365 g/mol. The van der Waals surface area contributed by atoms with E-state index < -0.39 is 0 Å². The van der Waals surface area contributed by atoms with E-state index in [1.807, 2.05) is 36.4 Å². The normalized spacial score (nSPS) is 15.9. The zero-order chi connectivity index (χ0) is 18.1. The minimum absolute atomic E-state index is 0.0240. The number of hydrogen-bond donors (Lipinski definition) is 1. The molecule has 0 saturated carbocycles. The molecule has 1 aliphatic rings. The van der Waals surface area contributed by atoms with Crippen molar-refractivity contribution in [3.63, 3.8) is 0 Å². The van der Waals surface area contributed by atoms with E-state index in [0.29, 0.717) is 6.42 Å². The molecule has 1 aliphatic heterocycles. The molecule has 1 N–H and O–H groups in total. The van der Waals surface area contributed by atoms with Crippen LogP contribution in [0, 0.1) is 0 Å². The molecular formula is C21H19NO3S. The van der Waals surface area contributed by atoms with Gasteiger partial charge in [0.15, 0.2) is 0 Å². The third kappa shape index (κ3) is 2.84. The summed E-state index contributed by atoms with van der Waals surface area (Å²) in [5, 5.41) is 5.19. The molecule has 4 rings (SSSR count). The first kappa shape index (κ1) is 16.7. The summed E-state index contributed by atoms with van der Waals surface area (Å²) in [6.07, 6.45) is 0.407. The molecule has 5 heteroatoms. The topological polar surface area (TPSA) is 47.6 Å². The van der Waals surface area contributed by atoms with Crippen LogP contribution in [-0.2, 0) is 4.79 Å².